The summed E-state index contributed by atoms with van der Waals surface area (Å²) in [6.45, 7) is 0.519. The number of aromatic nitrogens is 3. The molecule has 0 amide bonds. The Morgan fingerprint density at radius 2 is 2.15 bits per heavy atom. The van der Waals surface area contributed by atoms with Gasteiger partial charge in [0.25, 0.3) is 5.91 Å². The molecule has 0 saturated carbocycles. The van der Waals surface area contributed by atoms with Gasteiger partial charge in [-0.25, -0.2) is 0 Å². The molecule has 4 rings (SSSR count). The molecule has 0 unspecified atom stereocenters. The topological polar surface area (TPSA) is 79.8 Å². The summed E-state index contributed by atoms with van der Waals surface area (Å²) in [5.41, 5.74) is 1.68. The van der Waals surface area contributed by atoms with E-state index in [2.05, 4.69) is 15.4 Å². The maximum atomic E-state index is 12.8. The van der Waals surface area contributed by atoms with Gasteiger partial charge in [-0.1, -0.05) is 11.6 Å². The van der Waals surface area contributed by atoms with Crippen LogP contribution in [0.1, 0.15) is 15.2 Å². The van der Waals surface area contributed by atoms with E-state index in [4.69, 9.17) is 11.6 Å². The first-order chi connectivity index (χ1) is 13.1. The molecule has 0 aliphatic heterocycles. The van der Waals surface area contributed by atoms with Gasteiger partial charge in [0.05, 0.1) is 22.1 Å². The van der Waals surface area contributed by atoms with Crippen molar-refractivity contribution in [3.63, 3.8) is 0 Å². The van der Waals surface area contributed by atoms with Gasteiger partial charge in [0, 0.05) is 34.2 Å². The lowest BCUT2D eigenvalue weighted by Crippen LogP contribution is -2.16. The highest BCUT2D eigenvalue weighted by molar-refractivity contribution is 7.16. The van der Waals surface area contributed by atoms with E-state index in [1.165, 1.54) is 33.4 Å². The summed E-state index contributed by atoms with van der Waals surface area (Å²) in [6, 6.07) is 10.4. The van der Waals surface area contributed by atoms with Crippen LogP contribution in [0, 0.1) is 0 Å². The average Bonchev–Trinajstić information content (AvgIpc) is 3.41. The van der Waals surface area contributed by atoms with E-state index in [1.54, 1.807) is 29.8 Å². The van der Waals surface area contributed by atoms with Crippen LogP contribution in [0.15, 0.2) is 58.1 Å². The number of pyridine rings is 1. The molecule has 0 radical (unpaired) electrons. The van der Waals surface area contributed by atoms with E-state index in [-0.39, 0.29) is 11.5 Å². The number of nitrogens with one attached hydrogen (secondary N) is 2. The quantitative estimate of drug-likeness (QED) is 0.508. The van der Waals surface area contributed by atoms with E-state index in [0.717, 1.165) is 4.88 Å². The third kappa shape index (κ3) is 3.87. The third-order valence-corrected chi connectivity index (χ3v) is 5.74. The standard InChI is InChI=1S/C18H13ClN4O2S2/c19-15-3-2-13(27-15)9-20-16-7-14(11-1-4-17(24)21-8-11)22-23(16)18(25)12-5-6-26-10-12/h1-8,10,20H,9H2,(H,21,24). The van der Waals surface area contributed by atoms with Crippen LogP contribution < -0.4 is 10.9 Å². The van der Waals surface area contributed by atoms with Crippen LogP contribution in [-0.2, 0) is 6.54 Å². The molecule has 4 aromatic heterocycles. The lowest BCUT2D eigenvalue weighted by molar-refractivity contribution is 0.0948. The second-order valence-electron chi connectivity index (χ2n) is 5.64. The number of carbonyl (C=O) groups is 1. The number of hydrogen-bond donors (Lipinski definition) is 2. The van der Waals surface area contributed by atoms with Gasteiger partial charge in [0.2, 0.25) is 5.56 Å². The summed E-state index contributed by atoms with van der Waals surface area (Å²) in [5.74, 6) is 0.343. The number of rotatable bonds is 5. The third-order valence-electron chi connectivity index (χ3n) is 3.82. The number of carbonyl (C=O) groups excluding carboxylic acids is 1. The zero-order valence-electron chi connectivity index (χ0n) is 13.8. The zero-order chi connectivity index (χ0) is 18.8. The van der Waals surface area contributed by atoms with Crippen molar-refractivity contribution in [2.45, 2.75) is 6.54 Å². The SMILES string of the molecule is O=C(c1ccsc1)n1nc(-c2ccc(=O)[nH]c2)cc1NCc1ccc(Cl)s1. The molecule has 0 atom stereocenters. The van der Waals surface area contributed by atoms with Crippen molar-refractivity contribution in [3.05, 3.63) is 78.5 Å². The Morgan fingerprint density at radius 1 is 1.26 bits per heavy atom. The minimum Gasteiger partial charge on any atom is -0.365 e. The minimum absolute atomic E-state index is 0.194. The Kier molecular flexibility index (Phi) is 4.93. The first-order valence-corrected chi connectivity index (χ1v) is 10.1. The molecule has 0 spiro atoms. The van der Waals surface area contributed by atoms with Crippen molar-refractivity contribution in [2.24, 2.45) is 0 Å². The van der Waals surface area contributed by atoms with Crippen molar-refractivity contribution in [2.75, 3.05) is 5.32 Å². The smallest absolute Gasteiger partial charge is 0.280 e. The molecule has 136 valence electrons. The highest BCUT2D eigenvalue weighted by Crippen LogP contribution is 2.25. The molecule has 6 nitrogen and oxygen atoms in total. The van der Waals surface area contributed by atoms with Gasteiger partial charge in [-0.05, 0) is 29.6 Å². The van der Waals surface area contributed by atoms with Gasteiger partial charge in [0.15, 0.2) is 0 Å². The van der Waals surface area contributed by atoms with Crippen LogP contribution in [0.25, 0.3) is 11.3 Å². The molecular weight excluding hydrogens is 404 g/mol. The maximum absolute atomic E-state index is 12.8. The van der Waals surface area contributed by atoms with Gasteiger partial charge >= 0.3 is 0 Å². The van der Waals surface area contributed by atoms with Gasteiger partial charge in [0.1, 0.15) is 5.82 Å². The molecule has 2 N–H and O–H groups in total. The molecule has 0 bridgehead atoms. The summed E-state index contributed by atoms with van der Waals surface area (Å²) in [7, 11) is 0. The molecule has 0 aliphatic carbocycles. The van der Waals surface area contributed by atoms with Crippen LogP contribution in [0.3, 0.4) is 0 Å². The van der Waals surface area contributed by atoms with Crippen molar-refractivity contribution < 1.29 is 4.79 Å². The molecule has 4 aromatic rings. The minimum atomic E-state index is -0.223. The van der Waals surface area contributed by atoms with Gasteiger partial charge in [-0.3, -0.25) is 9.59 Å². The van der Waals surface area contributed by atoms with Crippen LogP contribution in [0.4, 0.5) is 5.82 Å². The Bertz CT molecular complexity index is 1120. The van der Waals surface area contributed by atoms with E-state index < -0.39 is 0 Å². The fourth-order valence-electron chi connectivity index (χ4n) is 2.51. The van der Waals surface area contributed by atoms with Gasteiger partial charge < -0.3 is 10.3 Å². The molecule has 9 heteroatoms. The molecule has 0 aromatic carbocycles. The van der Waals surface area contributed by atoms with Crippen LogP contribution in [0.2, 0.25) is 4.34 Å². The van der Waals surface area contributed by atoms with Crippen LogP contribution in [0.5, 0.6) is 0 Å². The zero-order valence-corrected chi connectivity index (χ0v) is 16.2. The van der Waals surface area contributed by atoms with Crippen LogP contribution >= 0.6 is 34.3 Å². The predicted octanol–water partition coefficient (Wildman–Crippen LogP) is 4.32. The highest BCUT2D eigenvalue weighted by atomic mass is 35.5. The number of halogens is 1. The molecular formula is C18H13ClN4O2S2. The van der Waals surface area contributed by atoms with E-state index >= 15 is 0 Å². The molecule has 0 fully saturated rings. The summed E-state index contributed by atoms with van der Waals surface area (Å²) in [4.78, 5) is 27.8. The fourth-order valence-corrected chi connectivity index (χ4v) is 4.16. The van der Waals surface area contributed by atoms with E-state index in [1.807, 2.05) is 17.5 Å². The first-order valence-electron chi connectivity index (χ1n) is 7.94. The lowest BCUT2D eigenvalue weighted by atomic mass is 10.2. The van der Waals surface area contributed by atoms with Crippen molar-refractivity contribution >= 4 is 46.0 Å². The van der Waals surface area contributed by atoms with Crippen LogP contribution in [-0.4, -0.2) is 20.7 Å². The molecule has 0 saturated heterocycles. The fraction of sp³-hybridized carbons (Fsp3) is 0.0556. The summed E-state index contributed by atoms with van der Waals surface area (Å²) in [5, 5.41) is 11.3. The first kappa shape index (κ1) is 17.7. The second-order valence-corrected chi connectivity index (χ2v) is 8.22. The van der Waals surface area contributed by atoms with E-state index in [0.29, 0.717) is 33.5 Å². The average molecular weight is 417 g/mol. The Balaban J connectivity index is 1.69. The largest absolute Gasteiger partial charge is 0.365 e. The Labute approximate surface area is 167 Å². The summed E-state index contributed by atoms with van der Waals surface area (Å²) in [6.07, 6.45) is 1.58. The number of hydrogen-bond acceptors (Lipinski definition) is 6. The highest BCUT2D eigenvalue weighted by Gasteiger charge is 2.17. The number of anilines is 1. The number of aromatic amines is 1. The molecule has 0 aliphatic rings. The molecule has 4 heterocycles. The Morgan fingerprint density at radius 3 is 2.81 bits per heavy atom. The van der Waals surface area contributed by atoms with Crippen molar-refractivity contribution in [3.8, 4) is 11.3 Å². The van der Waals surface area contributed by atoms with Crippen molar-refractivity contribution in [1.82, 2.24) is 14.8 Å². The Hall–Kier alpha value is -2.68. The number of thiophene rings is 2. The summed E-state index contributed by atoms with van der Waals surface area (Å²) < 4.78 is 2.06. The predicted molar refractivity (Wildman–Crippen MR) is 109 cm³/mol. The monoisotopic (exact) mass is 416 g/mol. The second kappa shape index (κ2) is 7.51. The maximum Gasteiger partial charge on any atom is 0.280 e. The molecule has 27 heavy (non-hydrogen) atoms. The van der Waals surface area contributed by atoms with E-state index in [9.17, 15) is 9.59 Å². The van der Waals surface area contributed by atoms with Crippen molar-refractivity contribution in [1.29, 1.82) is 0 Å². The van der Waals surface area contributed by atoms with Gasteiger partial charge in [-0.2, -0.15) is 21.1 Å². The lowest BCUT2D eigenvalue weighted by Gasteiger charge is -2.07. The number of H-pyrrole nitrogens is 1. The summed E-state index contributed by atoms with van der Waals surface area (Å²) >= 11 is 8.90. The normalized spacial score (nSPS) is 10.9. The van der Waals surface area contributed by atoms with Gasteiger partial charge in [-0.15, -0.1) is 11.3 Å². The number of nitrogens with zero attached hydrogens (tertiary/aromatic N) is 2.